The third-order valence-corrected chi connectivity index (χ3v) is 4.87. The summed E-state index contributed by atoms with van der Waals surface area (Å²) in [6.07, 6.45) is 6.80. The van der Waals surface area contributed by atoms with Gasteiger partial charge in [-0.1, -0.05) is 30.3 Å². The van der Waals surface area contributed by atoms with E-state index in [0.717, 1.165) is 25.7 Å². The highest BCUT2D eigenvalue weighted by atomic mass is 35.5. The zero-order chi connectivity index (χ0) is 15.5. The van der Waals surface area contributed by atoms with Crippen molar-refractivity contribution in [2.24, 2.45) is 5.92 Å². The summed E-state index contributed by atoms with van der Waals surface area (Å²) in [5, 5.41) is 13.4. The van der Waals surface area contributed by atoms with Crippen LogP contribution in [-0.2, 0) is 0 Å². The maximum atomic E-state index is 12.4. The minimum Gasteiger partial charge on any atom is -0.394 e. The fraction of sp³-hybridized carbons (Fsp3) is 0.643. The number of carbonyl (C=O) groups is 1. The van der Waals surface area contributed by atoms with E-state index in [0.29, 0.717) is 11.1 Å². The molecule has 1 aromatic heterocycles. The van der Waals surface area contributed by atoms with Crippen LogP contribution in [0.3, 0.4) is 0 Å². The number of thioether (sulfide) groups is 1. The summed E-state index contributed by atoms with van der Waals surface area (Å²) in [6, 6.07) is 0. The van der Waals surface area contributed by atoms with Gasteiger partial charge in [-0.05, 0) is 37.9 Å². The molecule has 1 aliphatic carbocycles. The van der Waals surface area contributed by atoms with Crippen molar-refractivity contribution in [1.82, 2.24) is 15.3 Å². The Morgan fingerprint density at radius 3 is 2.81 bits per heavy atom. The van der Waals surface area contributed by atoms with E-state index in [2.05, 4.69) is 22.2 Å². The fourth-order valence-corrected chi connectivity index (χ4v) is 3.06. The highest BCUT2D eigenvalue weighted by Gasteiger charge is 2.35. The number of aliphatic hydroxyl groups excluding tert-OH is 1. The lowest BCUT2D eigenvalue weighted by Crippen LogP contribution is -2.53. The first-order valence-corrected chi connectivity index (χ1v) is 8.60. The smallest absolute Gasteiger partial charge is 0.272 e. The first-order valence-electron chi connectivity index (χ1n) is 6.99. The topological polar surface area (TPSA) is 75.1 Å². The minimum absolute atomic E-state index is 0.0659. The van der Waals surface area contributed by atoms with Crippen LogP contribution in [0, 0.1) is 5.92 Å². The van der Waals surface area contributed by atoms with Gasteiger partial charge >= 0.3 is 0 Å². The Kier molecular flexibility index (Phi) is 5.46. The van der Waals surface area contributed by atoms with Crippen molar-refractivity contribution in [3.63, 3.8) is 0 Å². The van der Waals surface area contributed by atoms with Crippen molar-refractivity contribution in [2.45, 2.75) is 43.3 Å². The molecule has 0 bridgehead atoms. The van der Waals surface area contributed by atoms with Gasteiger partial charge in [0.25, 0.3) is 5.91 Å². The zero-order valence-electron chi connectivity index (χ0n) is 12.2. The molecule has 0 saturated heterocycles. The maximum Gasteiger partial charge on any atom is 0.272 e. The Balaban J connectivity index is 2.16. The molecule has 0 unspecified atom stereocenters. The van der Waals surface area contributed by atoms with Gasteiger partial charge in [0.15, 0.2) is 10.9 Å². The Labute approximate surface area is 133 Å². The summed E-state index contributed by atoms with van der Waals surface area (Å²) < 4.78 is 0. The van der Waals surface area contributed by atoms with Gasteiger partial charge in [-0.2, -0.15) is 0 Å². The quantitative estimate of drug-likeness (QED) is 0.656. The summed E-state index contributed by atoms with van der Waals surface area (Å²) in [7, 11) is 0. The molecule has 0 atom stereocenters. The first-order chi connectivity index (χ1) is 9.99. The van der Waals surface area contributed by atoms with Gasteiger partial charge < -0.3 is 10.4 Å². The van der Waals surface area contributed by atoms with Crippen molar-refractivity contribution in [1.29, 1.82) is 0 Å². The molecule has 2 rings (SSSR count). The molecule has 21 heavy (non-hydrogen) atoms. The van der Waals surface area contributed by atoms with E-state index >= 15 is 0 Å². The van der Waals surface area contributed by atoms with Gasteiger partial charge in [0.2, 0.25) is 0 Å². The Hall–Kier alpha value is -0.850. The van der Waals surface area contributed by atoms with E-state index in [1.807, 2.05) is 6.26 Å². The number of hydrogen-bond acceptors (Lipinski definition) is 5. The number of amides is 1. The van der Waals surface area contributed by atoms with Crippen molar-refractivity contribution in [3.8, 4) is 0 Å². The Bertz CT molecular complexity index is 519. The first kappa shape index (κ1) is 16.5. The van der Waals surface area contributed by atoms with Gasteiger partial charge in [0.1, 0.15) is 0 Å². The van der Waals surface area contributed by atoms with Gasteiger partial charge in [-0.3, -0.25) is 4.79 Å². The van der Waals surface area contributed by atoms with E-state index in [1.54, 1.807) is 0 Å². The highest BCUT2D eigenvalue weighted by molar-refractivity contribution is 7.98. The van der Waals surface area contributed by atoms with E-state index in [4.69, 9.17) is 11.6 Å². The summed E-state index contributed by atoms with van der Waals surface area (Å²) in [6.45, 7) is 2.12. The number of aliphatic hydroxyl groups is 1. The van der Waals surface area contributed by atoms with Crippen molar-refractivity contribution in [2.75, 3.05) is 12.9 Å². The number of nitrogens with one attached hydrogen (secondary N) is 1. The SMILES string of the molecule is CSc1ncc(Cl)c(C(=O)NC2(CO)CCC(C)CC2)n1. The molecule has 0 aliphatic heterocycles. The Morgan fingerprint density at radius 2 is 2.24 bits per heavy atom. The highest BCUT2D eigenvalue weighted by Crippen LogP contribution is 2.32. The van der Waals surface area contributed by atoms with E-state index < -0.39 is 5.54 Å². The van der Waals surface area contributed by atoms with Crippen LogP contribution in [0.4, 0.5) is 0 Å². The van der Waals surface area contributed by atoms with Crippen LogP contribution in [0.1, 0.15) is 43.1 Å². The van der Waals surface area contributed by atoms with Crippen LogP contribution in [0.2, 0.25) is 5.02 Å². The van der Waals surface area contributed by atoms with Crippen molar-refractivity contribution >= 4 is 29.3 Å². The molecule has 0 aromatic carbocycles. The molecular formula is C14H20ClN3O2S. The minimum atomic E-state index is -0.558. The van der Waals surface area contributed by atoms with Crippen LogP contribution in [-0.4, -0.2) is 39.4 Å². The molecule has 0 spiro atoms. The normalized spacial score (nSPS) is 25.6. The number of hydrogen-bond donors (Lipinski definition) is 2. The van der Waals surface area contributed by atoms with Crippen molar-refractivity contribution < 1.29 is 9.90 Å². The predicted molar refractivity (Wildman–Crippen MR) is 83.7 cm³/mol. The molecular weight excluding hydrogens is 310 g/mol. The second-order valence-corrected chi connectivity index (χ2v) is 6.81. The lowest BCUT2D eigenvalue weighted by atomic mass is 9.77. The molecule has 1 heterocycles. The summed E-state index contributed by atoms with van der Waals surface area (Å²) in [5.74, 6) is 0.286. The maximum absolute atomic E-state index is 12.4. The third kappa shape index (κ3) is 3.87. The number of aromatic nitrogens is 2. The summed E-state index contributed by atoms with van der Waals surface area (Å²) >= 11 is 7.37. The average Bonchev–Trinajstić information content (AvgIpc) is 2.50. The second kappa shape index (κ2) is 6.94. The largest absolute Gasteiger partial charge is 0.394 e. The van der Waals surface area contributed by atoms with Crippen LogP contribution in [0.5, 0.6) is 0 Å². The monoisotopic (exact) mass is 329 g/mol. The van der Waals surface area contributed by atoms with E-state index in [1.165, 1.54) is 18.0 Å². The molecule has 1 fully saturated rings. The fourth-order valence-electron chi connectivity index (χ4n) is 2.55. The molecule has 1 amide bonds. The van der Waals surface area contributed by atoms with Crippen LogP contribution in [0.15, 0.2) is 11.4 Å². The Morgan fingerprint density at radius 1 is 1.57 bits per heavy atom. The van der Waals surface area contributed by atoms with Gasteiger partial charge in [0.05, 0.1) is 23.4 Å². The van der Waals surface area contributed by atoms with Crippen LogP contribution < -0.4 is 5.32 Å². The summed E-state index contributed by atoms with van der Waals surface area (Å²) in [5.41, 5.74) is -0.389. The van der Waals surface area contributed by atoms with Gasteiger partial charge in [-0.25, -0.2) is 9.97 Å². The van der Waals surface area contributed by atoms with Gasteiger partial charge in [-0.15, -0.1) is 0 Å². The summed E-state index contributed by atoms with van der Waals surface area (Å²) in [4.78, 5) is 20.6. The second-order valence-electron chi connectivity index (χ2n) is 5.63. The van der Waals surface area contributed by atoms with E-state index in [-0.39, 0.29) is 23.2 Å². The molecule has 1 aromatic rings. The number of rotatable bonds is 4. The number of halogens is 1. The standard InChI is InChI=1S/C14H20ClN3O2S/c1-9-3-5-14(8-19,6-4-9)18-12(20)11-10(15)7-16-13(17-11)21-2/h7,9,19H,3-6,8H2,1-2H3,(H,18,20). The molecule has 2 N–H and O–H groups in total. The molecule has 0 radical (unpaired) electrons. The van der Waals surface area contributed by atoms with Gasteiger partial charge in [0, 0.05) is 0 Å². The van der Waals surface area contributed by atoms with E-state index in [9.17, 15) is 9.90 Å². The molecule has 116 valence electrons. The molecule has 1 aliphatic rings. The lowest BCUT2D eigenvalue weighted by Gasteiger charge is -2.38. The average molecular weight is 330 g/mol. The molecule has 7 heteroatoms. The molecule has 1 saturated carbocycles. The van der Waals surface area contributed by atoms with Crippen LogP contribution in [0.25, 0.3) is 0 Å². The van der Waals surface area contributed by atoms with Crippen molar-refractivity contribution in [3.05, 3.63) is 16.9 Å². The zero-order valence-corrected chi connectivity index (χ0v) is 13.8. The predicted octanol–water partition coefficient (Wildman–Crippen LogP) is 2.52. The lowest BCUT2D eigenvalue weighted by molar-refractivity contribution is 0.0712. The third-order valence-electron chi connectivity index (χ3n) is 4.03. The number of nitrogens with zero attached hydrogens (tertiary/aromatic N) is 2. The van der Waals surface area contributed by atoms with Crippen LogP contribution >= 0.6 is 23.4 Å². The molecule has 5 nitrogen and oxygen atoms in total. The number of carbonyl (C=O) groups excluding carboxylic acids is 1.